The smallest absolute Gasteiger partial charge is 0.260 e. The van der Waals surface area contributed by atoms with Gasteiger partial charge in [-0.05, 0) is 18.7 Å². The van der Waals surface area contributed by atoms with Crippen LogP contribution in [0.3, 0.4) is 0 Å². The first-order chi connectivity index (χ1) is 9.55. The molecule has 2 aromatic rings. The zero-order valence-electron chi connectivity index (χ0n) is 11.5. The van der Waals surface area contributed by atoms with Crippen molar-refractivity contribution in [1.82, 2.24) is 19.8 Å². The first-order valence-electron chi connectivity index (χ1n) is 6.27. The summed E-state index contributed by atoms with van der Waals surface area (Å²) in [7, 11) is -2.11. The Kier molecular flexibility index (Phi) is 4.58. The largest absolute Gasteiger partial charge is 0.468 e. The van der Waals surface area contributed by atoms with Crippen molar-refractivity contribution < 1.29 is 12.8 Å². The monoisotopic (exact) mass is 298 g/mol. The highest BCUT2D eigenvalue weighted by Gasteiger charge is 2.26. The van der Waals surface area contributed by atoms with E-state index in [4.69, 9.17) is 4.42 Å². The van der Waals surface area contributed by atoms with Gasteiger partial charge in [0.25, 0.3) is 10.0 Å². The molecule has 0 spiro atoms. The quantitative estimate of drug-likeness (QED) is 0.793. The van der Waals surface area contributed by atoms with Gasteiger partial charge in [-0.1, -0.05) is 6.92 Å². The molecule has 2 aromatic heterocycles. The molecule has 0 aromatic carbocycles. The van der Waals surface area contributed by atoms with Gasteiger partial charge in [-0.15, -0.1) is 0 Å². The fourth-order valence-corrected chi connectivity index (χ4v) is 3.00. The molecule has 0 saturated heterocycles. The second-order valence-corrected chi connectivity index (χ2v) is 6.33. The fourth-order valence-electron chi connectivity index (χ4n) is 1.77. The van der Waals surface area contributed by atoms with E-state index < -0.39 is 10.0 Å². The van der Waals surface area contributed by atoms with E-state index in [0.717, 1.165) is 6.54 Å². The number of aromatic nitrogens is 2. The number of hydrogen-bond acceptors (Lipinski definition) is 5. The number of nitrogens with one attached hydrogen (secondary N) is 2. The number of H-pyrrole nitrogens is 1. The molecule has 0 atom stereocenters. The van der Waals surface area contributed by atoms with Crippen LogP contribution in [0.15, 0.2) is 34.0 Å². The fraction of sp³-hybridized carbons (Fsp3) is 0.417. The van der Waals surface area contributed by atoms with E-state index in [2.05, 4.69) is 15.5 Å². The number of nitrogens with zero attached hydrogens (tertiary/aromatic N) is 2. The number of sulfonamides is 1. The second-order valence-electron chi connectivity index (χ2n) is 4.35. The molecule has 0 amide bonds. The minimum absolute atomic E-state index is 0.118. The molecule has 2 heterocycles. The Balaban J connectivity index is 2.19. The molecule has 0 radical (unpaired) electrons. The minimum atomic E-state index is -3.62. The molecular weight excluding hydrogens is 280 g/mol. The molecule has 2 N–H and O–H groups in total. The van der Waals surface area contributed by atoms with Crippen molar-refractivity contribution in [2.45, 2.75) is 25.0 Å². The van der Waals surface area contributed by atoms with Crippen molar-refractivity contribution in [3.8, 4) is 0 Å². The second kappa shape index (κ2) is 6.21. The van der Waals surface area contributed by atoms with E-state index in [9.17, 15) is 8.42 Å². The van der Waals surface area contributed by atoms with Gasteiger partial charge in [0.05, 0.1) is 19.0 Å². The minimum Gasteiger partial charge on any atom is -0.468 e. The van der Waals surface area contributed by atoms with Crippen LogP contribution in [0.1, 0.15) is 18.2 Å². The third-order valence-electron chi connectivity index (χ3n) is 2.87. The summed E-state index contributed by atoms with van der Waals surface area (Å²) in [6.45, 7) is 3.34. The lowest BCUT2D eigenvalue weighted by Crippen LogP contribution is -2.28. The van der Waals surface area contributed by atoms with Gasteiger partial charge in [-0.2, -0.15) is 9.40 Å². The molecule has 0 aliphatic carbocycles. The Labute approximate surface area is 118 Å². The van der Waals surface area contributed by atoms with Crippen LogP contribution < -0.4 is 5.32 Å². The summed E-state index contributed by atoms with van der Waals surface area (Å²) in [4.78, 5) is 0. The summed E-state index contributed by atoms with van der Waals surface area (Å²) in [5.41, 5.74) is 0.623. The van der Waals surface area contributed by atoms with Crippen LogP contribution >= 0.6 is 0 Å². The normalized spacial score (nSPS) is 12.2. The van der Waals surface area contributed by atoms with Gasteiger partial charge in [0, 0.05) is 19.2 Å². The van der Waals surface area contributed by atoms with Gasteiger partial charge in [-0.25, -0.2) is 8.42 Å². The van der Waals surface area contributed by atoms with Crippen LogP contribution in [-0.2, 0) is 23.1 Å². The van der Waals surface area contributed by atoms with Crippen LogP contribution in [0.4, 0.5) is 0 Å². The molecule has 2 rings (SSSR count). The number of hydrogen-bond donors (Lipinski definition) is 2. The van der Waals surface area contributed by atoms with Crippen molar-refractivity contribution in [3.63, 3.8) is 0 Å². The Morgan fingerprint density at radius 2 is 2.30 bits per heavy atom. The van der Waals surface area contributed by atoms with Gasteiger partial charge in [0.15, 0.2) is 5.03 Å². The molecule has 7 nitrogen and oxygen atoms in total. The van der Waals surface area contributed by atoms with E-state index in [-0.39, 0.29) is 11.6 Å². The van der Waals surface area contributed by atoms with Crippen LogP contribution in [0.25, 0.3) is 0 Å². The van der Waals surface area contributed by atoms with Crippen LogP contribution in [-0.4, -0.2) is 36.5 Å². The zero-order chi connectivity index (χ0) is 14.6. The van der Waals surface area contributed by atoms with Crippen molar-refractivity contribution in [2.24, 2.45) is 0 Å². The van der Waals surface area contributed by atoms with E-state index in [0.29, 0.717) is 17.9 Å². The van der Waals surface area contributed by atoms with Crippen molar-refractivity contribution in [1.29, 1.82) is 0 Å². The maximum atomic E-state index is 12.5. The molecular formula is C12H18N4O3S. The standard InChI is InChI=1S/C12H18N4O3S/c1-3-13-7-10-8-14-15-12(10)20(17,18)16(2)9-11-5-4-6-19-11/h4-6,8,13H,3,7,9H2,1-2H3,(H,14,15). The molecule has 0 bridgehead atoms. The van der Waals surface area contributed by atoms with E-state index in [1.807, 2.05) is 6.92 Å². The summed E-state index contributed by atoms with van der Waals surface area (Å²) >= 11 is 0. The van der Waals surface area contributed by atoms with Gasteiger partial charge >= 0.3 is 0 Å². The summed E-state index contributed by atoms with van der Waals surface area (Å²) in [5, 5.41) is 9.60. The molecule has 0 aliphatic rings. The average molecular weight is 298 g/mol. The molecule has 0 unspecified atom stereocenters. The van der Waals surface area contributed by atoms with Gasteiger partial charge in [-0.3, -0.25) is 5.10 Å². The Hall–Kier alpha value is -1.64. The highest BCUT2D eigenvalue weighted by atomic mass is 32.2. The molecule has 0 fully saturated rings. The van der Waals surface area contributed by atoms with E-state index >= 15 is 0 Å². The summed E-state index contributed by atoms with van der Waals surface area (Å²) in [6.07, 6.45) is 3.04. The van der Waals surface area contributed by atoms with Crippen LogP contribution in [0.2, 0.25) is 0 Å². The first-order valence-corrected chi connectivity index (χ1v) is 7.71. The van der Waals surface area contributed by atoms with Crippen LogP contribution in [0.5, 0.6) is 0 Å². The molecule has 20 heavy (non-hydrogen) atoms. The maximum Gasteiger partial charge on any atom is 0.260 e. The Morgan fingerprint density at radius 3 is 2.95 bits per heavy atom. The maximum absolute atomic E-state index is 12.5. The molecule has 0 aliphatic heterocycles. The SMILES string of the molecule is CCNCc1cn[nH]c1S(=O)(=O)N(C)Cc1ccco1. The lowest BCUT2D eigenvalue weighted by molar-refractivity contribution is 0.404. The lowest BCUT2D eigenvalue weighted by Gasteiger charge is -2.15. The topological polar surface area (TPSA) is 91.2 Å². The zero-order valence-corrected chi connectivity index (χ0v) is 12.3. The third kappa shape index (κ3) is 3.09. The highest BCUT2D eigenvalue weighted by molar-refractivity contribution is 7.89. The average Bonchev–Trinajstić information content (AvgIpc) is 3.06. The molecule has 0 saturated carbocycles. The van der Waals surface area contributed by atoms with Crippen molar-refractivity contribution >= 4 is 10.0 Å². The number of furan rings is 1. The highest BCUT2D eigenvalue weighted by Crippen LogP contribution is 2.18. The number of rotatable bonds is 7. The van der Waals surface area contributed by atoms with Gasteiger partial charge in [0.1, 0.15) is 5.76 Å². The predicted octanol–water partition coefficient (Wildman–Crippen LogP) is 0.933. The third-order valence-corrected chi connectivity index (χ3v) is 4.69. The number of aromatic amines is 1. The Morgan fingerprint density at radius 1 is 1.50 bits per heavy atom. The van der Waals surface area contributed by atoms with E-state index in [1.165, 1.54) is 23.8 Å². The van der Waals surface area contributed by atoms with Crippen molar-refractivity contribution in [3.05, 3.63) is 35.9 Å². The Bertz CT molecular complexity index is 633. The van der Waals surface area contributed by atoms with Crippen molar-refractivity contribution in [2.75, 3.05) is 13.6 Å². The lowest BCUT2D eigenvalue weighted by atomic mass is 10.3. The first kappa shape index (κ1) is 14.8. The summed E-state index contributed by atoms with van der Waals surface area (Å²) in [5.74, 6) is 0.587. The summed E-state index contributed by atoms with van der Waals surface area (Å²) in [6, 6.07) is 3.46. The van der Waals surface area contributed by atoms with Gasteiger partial charge in [0.2, 0.25) is 0 Å². The van der Waals surface area contributed by atoms with E-state index in [1.54, 1.807) is 12.1 Å². The molecule has 8 heteroatoms. The van der Waals surface area contributed by atoms with Gasteiger partial charge < -0.3 is 9.73 Å². The predicted molar refractivity (Wildman–Crippen MR) is 73.3 cm³/mol. The summed E-state index contributed by atoms with van der Waals surface area (Å²) < 4.78 is 31.4. The van der Waals surface area contributed by atoms with Crippen LogP contribution in [0, 0.1) is 0 Å². The molecule has 110 valence electrons.